The number of halogens is 2. The highest BCUT2D eigenvalue weighted by atomic mass is 35.5. The zero-order chi connectivity index (χ0) is 13.3. The molecule has 0 radical (unpaired) electrons. The number of hydrogen-bond donors (Lipinski definition) is 1. The average molecular weight is 281 g/mol. The number of carboxylic acids is 1. The number of hydrogen-bond acceptors (Lipinski definition) is 1. The van der Waals surface area contributed by atoms with E-state index in [9.17, 15) is 9.90 Å². The van der Waals surface area contributed by atoms with Crippen molar-refractivity contribution >= 4 is 29.2 Å². The molecular weight excluding hydrogens is 271 g/mol. The van der Waals surface area contributed by atoms with Gasteiger partial charge in [0, 0.05) is 5.02 Å². The summed E-state index contributed by atoms with van der Waals surface area (Å²) in [6, 6.07) is 10.4. The van der Waals surface area contributed by atoms with Crippen molar-refractivity contribution in [3.05, 3.63) is 57.6 Å². The first-order valence-electron chi connectivity index (χ1n) is 5.29. The van der Waals surface area contributed by atoms with Crippen LogP contribution in [0, 0.1) is 6.92 Å². The van der Waals surface area contributed by atoms with Crippen LogP contribution in [0.3, 0.4) is 0 Å². The largest absolute Gasteiger partial charge is 0.478 e. The van der Waals surface area contributed by atoms with Crippen molar-refractivity contribution in [3.8, 4) is 11.1 Å². The molecule has 0 aromatic heterocycles. The maximum Gasteiger partial charge on any atom is 0.337 e. The van der Waals surface area contributed by atoms with Crippen LogP contribution < -0.4 is 0 Å². The number of carboxylic acid groups (broad SMARTS) is 1. The van der Waals surface area contributed by atoms with Crippen molar-refractivity contribution in [2.45, 2.75) is 6.92 Å². The van der Waals surface area contributed by atoms with E-state index in [1.165, 1.54) is 0 Å². The van der Waals surface area contributed by atoms with Gasteiger partial charge in [-0.05, 0) is 35.7 Å². The van der Waals surface area contributed by atoms with E-state index in [-0.39, 0.29) is 10.6 Å². The molecule has 0 aliphatic carbocycles. The molecule has 0 amide bonds. The molecule has 0 spiro atoms. The van der Waals surface area contributed by atoms with Crippen LogP contribution in [0.1, 0.15) is 15.9 Å². The predicted molar refractivity (Wildman–Crippen MR) is 73.6 cm³/mol. The molecule has 92 valence electrons. The van der Waals surface area contributed by atoms with E-state index in [1.807, 2.05) is 13.0 Å². The van der Waals surface area contributed by atoms with Gasteiger partial charge in [0.1, 0.15) is 0 Å². The summed E-state index contributed by atoms with van der Waals surface area (Å²) in [7, 11) is 0. The Morgan fingerprint density at radius 3 is 2.17 bits per heavy atom. The minimum absolute atomic E-state index is 0.101. The Labute approximate surface area is 115 Å². The average Bonchev–Trinajstić information content (AvgIpc) is 2.32. The second-order valence-electron chi connectivity index (χ2n) is 3.88. The number of benzene rings is 2. The molecule has 0 saturated heterocycles. The van der Waals surface area contributed by atoms with E-state index >= 15 is 0 Å². The molecule has 2 aromatic rings. The number of rotatable bonds is 2. The van der Waals surface area contributed by atoms with E-state index in [2.05, 4.69) is 0 Å². The summed E-state index contributed by atoms with van der Waals surface area (Å²) >= 11 is 12.0. The Morgan fingerprint density at radius 1 is 1.00 bits per heavy atom. The minimum Gasteiger partial charge on any atom is -0.478 e. The van der Waals surface area contributed by atoms with Crippen molar-refractivity contribution in [1.29, 1.82) is 0 Å². The molecule has 0 aliphatic rings. The van der Waals surface area contributed by atoms with Crippen LogP contribution in [-0.2, 0) is 0 Å². The van der Waals surface area contributed by atoms with Crippen LogP contribution in [0.4, 0.5) is 0 Å². The summed E-state index contributed by atoms with van der Waals surface area (Å²) in [6.45, 7) is 1.85. The standard InChI is InChI=1S/C14H10Cl2O2/c1-8-9(4-2-6-11(8)15)10-5-3-7-12(16)13(10)14(17)18/h2-7H,1H3,(H,17,18). The maximum atomic E-state index is 11.3. The molecule has 2 aromatic carbocycles. The van der Waals surface area contributed by atoms with Crippen LogP contribution in [0.5, 0.6) is 0 Å². The second-order valence-corrected chi connectivity index (χ2v) is 4.69. The van der Waals surface area contributed by atoms with E-state index in [0.29, 0.717) is 10.6 Å². The van der Waals surface area contributed by atoms with Gasteiger partial charge in [-0.2, -0.15) is 0 Å². The van der Waals surface area contributed by atoms with Crippen LogP contribution in [0.2, 0.25) is 10.0 Å². The molecule has 0 unspecified atom stereocenters. The van der Waals surface area contributed by atoms with Crippen LogP contribution in [-0.4, -0.2) is 11.1 Å². The van der Waals surface area contributed by atoms with Gasteiger partial charge in [-0.25, -0.2) is 4.79 Å². The molecule has 1 N–H and O–H groups in total. The summed E-state index contributed by atoms with van der Waals surface area (Å²) in [5, 5.41) is 10.1. The SMILES string of the molecule is Cc1c(Cl)cccc1-c1cccc(Cl)c1C(=O)O. The lowest BCUT2D eigenvalue weighted by Crippen LogP contribution is -2.01. The summed E-state index contributed by atoms with van der Waals surface area (Å²) in [5.41, 5.74) is 2.30. The van der Waals surface area contributed by atoms with Gasteiger partial charge in [-0.15, -0.1) is 0 Å². The molecule has 0 heterocycles. The van der Waals surface area contributed by atoms with Gasteiger partial charge in [0.2, 0.25) is 0 Å². The van der Waals surface area contributed by atoms with Crippen molar-refractivity contribution in [2.75, 3.05) is 0 Å². The van der Waals surface area contributed by atoms with Gasteiger partial charge in [-0.3, -0.25) is 0 Å². The first-order chi connectivity index (χ1) is 8.52. The molecule has 0 fully saturated rings. The molecule has 4 heteroatoms. The summed E-state index contributed by atoms with van der Waals surface area (Å²) in [6.07, 6.45) is 0. The zero-order valence-corrected chi connectivity index (χ0v) is 11.1. The van der Waals surface area contributed by atoms with E-state index in [4.69, 9.17) is 23.2 Å². The Bertz CT molecular complexity index is 621. The van der Waals surface area contributed by atoms with Crippen LogP contribution in [0.15, 0.2) is 36.4 Å². The van der Waals surface area contributed by atoms with Crippen molar-refractivity contribution in [3.63, 3.8) is 0 Å². The highest BCUT2D eigenvalue weighted by molar-refractivity contribution is 6.34. The van der Waals surface area contributed by atoms with Crippen molar-refractivity contribution < 1.29 is 9.90 Å². The smallest absolute Gasteiger partial charge is 0.337 e. The summed E-state index contributed by atoms with van der Waals surface area (Å²) in [5.74, 6) is -1.05. The van der Waals surface area contributed by atoms with Gasteiger partial charge >= 0.3 is 5.97 Å². The van der Waals surface area contributed by atoms with Gasteiger partial charge in [-0.1, -0.05) is 47.5 Å². The van der Waals surface area contributed by atoms with Gasteiger partial charge in [0.15, 0.2) is 0 Å². The normalized spacial score (nSPS) is 10.4. The Hall–Kier alpha value is -1.51. The van der Waals surface area contributed by atoms with Crippen molar-refractivity contribution in [1.82, 2.24) is 0 Å². The topological polar surface area (TPSA) is 37.3 Å². The molecular formula is C14H10Cl2O2. The molecule has 0 bridgehead atoms. The Morgan fingerprint density at radius 2 is 1.56 bits per heavy atom. The lowest BCUT2D eigenvalue weighted by Gasteiger charge is -2.11. The monoisotopic (exact) mass is 280 g/mol. The van der Waals surface area contributed by atoms with E-state index < -0.39 is 5.97 Å². The molecule has 0 atom stereocenters. The molecule has 18 heavy (non-hydrogen) atoms. The molecule has 0 aliphatic heterocycles. The highest BCUT2D eigenvalue weighted by Gasteiger charge is 2.17. The number of aromatic carboxylic acids is 1. The molecule has 0 saturated carbocycles. The zero-order valence-electron chi connectivity index (χ0n) is 9.58. The predicted octanol–water partition coefficient (Wildman–Crippen LogP) is 4.67. The fourth-order valence-electron chi connectivity index (χ4n) is 1.87. The number of carbonyl (C=O) groups is 1. The summed E-state index contributed by atoms with van der Waals surface area (Å²) in [4.78, 5) is 11.3. The van der Waals surface area contributed by atoms with E-state index in [1.54, 1.807) is 30.3 Å². The second kappa shape index (κ2) is 5.01. The van der Waals surface area contributed by atoms with E-state index in [0.717, 1.165) is 11.1 Å². The molecule has 2 nitrogen and oxygen atoms in total. The fraction of sp³-hybridized carbons (Fsp3) is 0.0714. The first kappa shape index (κ1) is 12.9. The van der Waals surface area contributed by atoms with Crippen LogP contribution in [0.25, 0.3) is 11.1 Å². The van der Waals surface area contributed by atoms with Crippen molar-refractivity contribution in [2.24, 2.45) is 0 Å². The third-order valence-electron chi connectivity index (χ3n) is 2.79. The highest BCUT2D eigenvalue weighted by Crippen LogP contribution is 2.33. The lowest BCUT2D eigenvalue weighted by molar-refractivity contribution is 0.0698. The summed E-state index contributed by atoms with van der Waals surface area (Å²) < 4.78 is 0. The van der Waals surface area contributed by atoms with Gasteiger partial charge in [0.05, 0.1) is 10.6 Å². The first-order valence-corrected chi connectivity index (χ1v) is 6.05. The maximum absolute atomic E-state index is 11.3. The van der Waals surface area contributed by atoms with Gasteiger partial charge < -0.3 is 5.11 Å². The van der Waals surface area contributed by atoms with Crippen LogP contribution >= 0.6 is 23.2 Å². The molecule has 2 rings (SSSR count). The Balaban J connectivity index is 2.75. The third-order valence-corrected chi connectivity index (χ3v) is 3.51. The Kier molecular flexibility index (Phi) is 3.60. The van der Waals surface area contributed by atoms with Gasteiger partial charge in [0.25, 0.3) is 0 Å². The minimum atomic E-state index is -1.05. The lowest BCUT2D eigenvalue weighted by atomic mass is 9.96. The fourth-order valence-corrected chi connectivity index (χ4v) is 2.30. The third kappa shape index (κ3) is 2.22. The quantitative estimate of drug-likeness (QED) is 0.868.